The number of hydrogen-bond acceptors (Lipinski definition) is 2. The van der Waals surface area contributed by atoms with Crippen LogP contribution in [0.15, 0.2) is 0 Å². The summed E-state index contributed by atoms with van der Waals surface area (Å²) in [4.78, 5) is 2.81. The highest BCUT2D eigenvalue weighted by Gasteiger charge is 2.39. The molecule has 2 nitrogen and oxygen atoms in total. The van der Waals surface area contributed by atoms with E-state index in [-0.39, 0.29) is 0 Å². The molecule has 0 aliphatic heterocycles. The summed E-state index contributed by atoms with van der Waals surface area (Å²) in [6.07, 6.45) is 9.78. The fourth-order valence-electron chi connectivity index (χ4n) is 4.03. The van der Waals surface area contributed by atoms with Gasteiger partial charge in [0.05, 0.1) is 0 Å². The van der Waals surface area contributed by atoms with Gasteiger partial charge in [-0.25, -0.2) is 0 Å². The zero-order valence-electron chi connectivity index (χ0n) is 13.8. The summed E-state index contributed by atoms with van der Waals surface area (Å²) >= 11 is 0. The maximum Gasteiger partial charge on any atom is 0.00966 e. The minimum absolute atomic E-state index is 0.453. The lowest BCUT2D eigenvalue weighted by molar-refractivity contribution is 0.0948. The van der Waals surface area contributed by atoms with Crippen LogP contribution in [0.25, 0.3) is 0 Å². The maximum atomic E-state index is 6.47. The molecule has 0 saturated heterocycles. The molecule has 3 saturated carbocycles. The average molecular weight is 278 g/mol. The van der Waals surface area contributed by atoms with Gasteiger partial charge in [-0.2, -0.15) is 0 Å². The molecule has 0 radical (unpaired) electrons. The van der Waals surface area contributed by atoms with E-state index in [9.17, 15) is 0 Å². The Hall–Kier alpha value is -0.0800. The second kappa shape index (κ2) is 5.61. The second-order valence-corrected chi connectivity index (χ2v) is 8.93. The molecule has 116 valence electrons. The van der Waals surface area contributed by atoms with Crippen molar-refractivity contribution in [2.24, 2.45) is 28.9 Å². The van der Waals surface area contributed by atoms with Gasteiger partial charge in [0.2, 0.25) is 0 Å². The van der Waals surface area contributed by atoms with Crippen LogP contribution < -0.4 is 5.73 Å². The number of nitrogens with zero attached hydrogens (tertiary/aromatic N) is 1. The summed E-state index contributed by atoms with van der Waals surface area (Å²) in [5.74, 6) is 2.63. The summed E-state index contributed by atoms with van der Waals surface area (Å²) in [5.41, 5.74) is 6.93. The highest BCUT2D eigenvalue weighted by atomic mass is 15.2. The lowest BCUT2D eigenvalue weighted by Gasteiger charge is -2.42. The van der Waals surface area contributed by atoms with Crippen molar-refractivity contribution in [3.63, 3.8) is 0 Å². The monoisotopic (exact) mass is 278 g/mol. The molecule has 0 bridgehead atoms. The first-order valence-electron chi connectivity index (χ1n) is 8.93. The van der Waals surface area contributed by atoms with E-state index in [2.05, 4.69) is 25.7 Å². The van der Waals surface area contributed by atoms with Crippen LogP contribution in [0.5, 0.6) is 0 Å². The van der Waals surface area contributed by atoms with E-state index < -0.39 is 0 Å². The summed E-state index contributed by atoms with van der Waals surface area (Å²) < 4.78 is 0. The van der Waals surface area contributed by atoms with Gasteiger partial charge in [-0.3, -0.25) is 4.90 Å². The molecule has 0 aromatic heterocycles. The smallest absolute Gasteiger partial charge is 0.00966 e. The fraction of sp³-hybridized carbons (Fsp3) is 1.00. The quantitative estimate of drug-likeness (QED) is 0.832. The molecule has 3 fully saturated rings. The average Bonchev–Trinajstić information content (AvgIpc) is 3.24. The Balaban J connectivity index is 1.58. The molecular weight excluding hydrogens is 244 g/mol. The largest absolute Gasteiger partial charge is 0.327 e. The van der Waals surface area contributed by atoms with Gasteiger partial charge in [-0.15, -0.1) is 0 Å². The third-order valence-corrected chi connectivity index (χ3v) is 5.99. The van der Waals surface area contributed by atoms with Gasteiger partial charge in [0.25, 0.3) is 0 Å². The molecule has 3 aliphatic rings. The summed E-state index contributed by atoms with van der Waals surface area (Å²) in [5, 5.41) is 0. The predicted octanol–water partition coefficient (Wildman–Crippen LogP) is 3.65. The van der Waals surface area contributed by atoms with Crippen LogP contribution in [0.2, 0.25) is 0 Å². The highest BCUT2D eigenvalue weighted by Crippen LogP contribution is 2.42. The minimum atomic E-state index is 0.453. The van der Waals surface area contributed by atoms with Gasteiger partial charge in [-0.1, -0.05) is 20.8 Å². The van der Waals surface area contributed by atoms with Crippen molar-refractivity contribution in [3.05, 3.63) is 0 Å². The summed E-state index contributed by atoms with van der Waals surface area (Å²) in [6.45, 7) is 9.89. The van der Waals surface area contributed by atoms with Crippen LogP contribution in [-0.4, -0.2) is 30.1 Å². The normalized spacial score (nSPS) is 35.5. The van der Waals surface area contributed by atoms with Crippen molar-refractivity contribution in [2.45, 2.75) is 77.8 Å². The van der Waals surface area contributed by atoms with E-state index in [1.54, 1.807) is 0 Å². The molecule has 3 atom stereocenters. The molecule has 3 unspecified atom stereocenters. The van der Waals surface area contributed by atoms with Gasteiger partial charge in [0.15, 0.2) is 0 Å². The highest BCUT2D eigenvalue weighted by molar-refractivity contribution is 4.93. The van der Waals surface area contributed by atoms with Gasteiger partial charge in [-0.05, 0) is 68.1 Å². The Labute approximate surface area is 125 Å². The second-order valence-electron chi connectivity index (χ2n) is 8.93. The van der Waals surface area contributed by atoms with Crippen LogP contribution >= 0.6 is 0 Å². The molecule has 3 aliphatic carbocycles. The topological polar surface area (TPSA) is 29.3 Å². The van der Waals surface area contributed by atoms with Crippen LogP contribution in [0.1, 0.15) is 65.7 Å². The number of nitrogens with two attached hydrogens (primary N) is 1. The Bertz CT molecular complexity index is 325. The van der Waals surface area contributed by atoms with Gasteiger partial charge < -0.3 is 5.73 Å². The van der Waals surface area contributed by atoms with E-state index in [4.69, 9.17) is 5.73 Å². The Morgan fingerprint density at radius 1 is 0.950 bits per heavy atom. The predicted molar refractivity (Wildman–Crippen MR) is 85.6 cm³/mol. The molecule has 0 spiro atoms. The van der Waals surface area contributed by atoms with E-state index in [1.807, 2.05) is 0 Å². The van der Waals surface area contributed by atoms with E-state index in [0.717, 1.165) is 23.8 Å². The van der Waals surface area contributed by atoms with Gasteiger partial charge in [0, 0.05) is 25.2 Å². The molecule has 3 rings (SSSR count). The molecular formula is C18H34N2. The van der Waals surface area contributed by atoms with Crippen molar-refractivity contribution >= 4 is 0 Å². The molecule has 2 heteroatoms. The van der Waals surface area contributed by atoms with E-state index in [1.165, 1.54) is 58.0 Å². The third kappa shape index (κ3) is 3.76. The molecule has 0 aromatic carbocycles. The summed E-state index contributed by atoms with van der Waals surface area (Å²) in [6, 6.07) is 1.37. The summed E-state index contributed by atoms with van der Waals surface area (Å²) in [7, 11) is 0. The van der Waals surface area contributed by atoms with Crippen LogP contribution in [0, 0.1) is 23.2 Å². The maximum absolute atomic E-state index is 6.47. The minimum Gasteiger partial charge on any atom is -0.327 e. The first-order valence-corrected chi connectivity index (χ1v) is 8.93. The lowest BCUT2D eigenvalue weighted by atomic mass is 9.67. The fourth-order valence-corrected chi connectivity index (χ4v) is 4.03. The SMILES string of the molecule is CC(C)(C)C1CCC(N)C(CN(CC2CC2)C2CC2)C1. The zero-order valence-corrected chi connectivity index (χ0v) is 13.8. The van der Waals surface area contributed by atoms with Crippen LogP contribution in [-0.2, 0) is 0 Å². The van der Waals surface area contributed by atoms with Crippen LogP contribution in [0.3, 0.4) is 0 Å². The Morgan fingerprint density at radius 2 is 1.65 bits per heavy atom. The molecule has 0 amide bonds. The first kappa shape index (κ1) is 14.8. The molecule has 20 heavy (non-hydrogen) atoms. The van der Waals surface area contributed by atoms with Crippen molar-refractivity contribution in [1.29, 1.82) is 0 Å². The number of rotatable bonds is 5. The van der Waals surface area contributed by atoms with Crippen LogP contribution in [0.4, 0.5) is 0 Å². The third-order valence-electron chi connectivity index (χ3n) is 5.99. The Kier molecular flexibility index (Phi) is 4.16. The van der Waals surface area contributed by atoms with Gasteiger partial charge >= 0.3 is 0 Å². The van der Waals surface area contributed by atoms with Crippen molar-refractivity contribution in [1.82, 2.24) is 4.90 Å². The molecule has 0 aromatic rings. The van der Waals surface area contributed by atoms with Crippen molar-refractivity contribution < 1.29 is 0 Å². The van der Waals surface area contributed by atoms with E-state index in [0.29, 0.717) is 11.5 Å². The van der Waals surface area contributed by atoms with Crippen molar-refractivity contribution in [2.75, 3.05) is 13.1 Å². The standard InChI is InChI=1S/C18H34N2/c1-18(2,3)15-6-9-17(19)14(10-15)12-20(16-7-8-16)11-13-4-5-13/h13-17H,4-12,19H2,1-3H3. The zero-order chi connectivity index (χ0) is 14.3. The van der Waals surface area contributed by atoms with Gasteiger partial charge in [0.1, 0.15) is 0 Å². The first-order chi connectivity index (χ1) is 9.43. The number of hydrogen-bond donors (Lipinski definition) is 1. The lowest BCUT2D eigenvalue weighted by Crippen LogP contribution is -2.46. The van der Waals surface area contributed by atoms with E-state index >= 15 is 0 Å². The van der Waals surface area contributed by atoms with Crippen molar-refractivity contribution in [3.8, 4) is 0 Å². The Morgan fingerprint density at radius 3 is 2.20 bits per heavy atom. The molecule has 0 heterocycles. The molecule has 2 N–H and O–H groups in total.